The highest BCUT2D eigenvalue weighted by Crippen LogP contribution is 1.99. The van der Waals surface area contributed by atoms with E-state index in [1.807, 2.05) is 6.92 Å². The zero-order chi connectivity index (χ0) is 5.98. The number of aliphatic hydroxyl groups excluding tert-OH is 1. The van der Waals surface area contributed by atoms with Gasteiger partial charge in [0.2, 0.25) is 0 Å². The Balaban J connectivity index is 2.22. The van der Waals surface area contributed by atoms with E-state index in [9.17, 15) is 0 Å². The zero-order valence-corrected chi connectivity index (χ0v) is 4.92. The van der Waals surface area contributed by atoms with Crippen LogP contribution in [0.1, 0.15) is 6.92 Å². The monoisotopic (exact) mass is 117 g/mol. The molecule has 1 rings (SSSR count). The van der Waals surface area contributed by atoms with E-state index in [4.69, 9.17) is 9.84 Å². The van der Waals surface area contributed by atoms with Gasteiger partial charge < -0.3 is 9.84 Å². The highest BCUT2D eigenvalue weighted by atomic mass is 16.5. The Kier molecular flexibility index (Phi) is 1.83. The van der Waals surface area contributed by atoms with Crippen molar-refractivity contribution in [1.82, 2.24) is 5.32 Å². The van der Waals surface area contributed by atoms with Crippen LogP contribution >= 0.6 is 0 Å². The summed E-state index contributed by atoms with van der Waals surface area (Å²) in [6, 6.07) is 0.396. The molecule has 0 amide bonds. The first kappa shape index (κ1) is 6.01. The molecule has 48 valence electrons. The molecule has 1 fully saturated rings. The van der Waals surface area contributed by atoms with Gasteiger partial charge >= 0.3 is 0 Å². The number of hydrogen-bond acceptors (Lipinski definition) is 3. The molecule has 2 atom stereocenters. The molecule has 0 bridgehead atoms. The third kappa shape index (κ3) is 1.18. The van der Waals surface area contributed by atoms with Crippen LogP contribution in [0.5, 0.6) is 0 Å². The van der Waals surface area contributed by atoms with E-state index in [-0.39, 0.29) is 12.8 Å². The van der Waals surface area contributed by atoms with Crippen molar-refractivity contribution in [3.05, 3.63) is 0 Å². The average molecular weight is 117 g/mol. The van der Waals surface area contributed by atoms with Crippen molar-refractivity contribution in [1.29, 1.82) is 0 Å². The van der Waals surface area contributed by atoms with E-state index in [0.29, 0.717) is 12.6 Å². The Morgan fingerprint density at radius 3 is 2.88 bits per heavy atom. The van der Waals surface area contributed by atoms with Crippen molar-refractivity contribution in [3.8, 4) is 0 Å². The fourth-order valence-electron chi connectivity index (χ4n) is 0.779. The number of nitrogens with one attached hydrogen (secondary N) is 1. The van der Waals surface area contributed by atoms with Gasteiger partial charge in [0.05, 0.1) is 13.2 Å². The maximum Gasteiger partial charge on any atom is 0.131 e. The van der Waals surface area contributed by atoms with Gasteiger partial charge in [0.25, 0.3) is 0 Å². The van der Waals surface area contributed by atoms with Crippen LogP contribution in [0.3, 0.4) is 0 Å². The zero-order valence-electron chi connectivity index (χ0n) is 4.92. The second kappa shape index (κ2) is 2.44. The number of aliphatic hydroxyl groups is 1. The fourth-order valence-corrected chi connectivity index (χ4v) is 0.779. The fraction of sp³-hybridized carbons (Fsp3) is 1.00. The predicted molar refractivity (Wildman–Crippen MR) is 29.4 cm³/mol. The number of hydrogen-bond donors (Lipinski definition) is 2. The van der Waals surface area contributed by atoms with E-state index in [0.717, 1.165) is 0 Å². The van der Waals surface area contributed by atoms with Crippen molar-refractivity contribution in [2.45, 2.75) is 19.2 Å². The van der Waals surface area contributed by atoms with Gasteiger partial charge in [-0.2, -0.15) is 0 Å². The Morgan fingerprint density at radius 1 is 1.88 bits per heavy atom. The molecule has 1 saturated heterocycles. The van der Waals surface area contributed by atoms with Crippen LogP contribution in [-0.2, 0) is 4.74 Å². The van der Waals surface area contributed by atoms with Crippen LogP contribution in [0.4, 0.5) is 0 Å². The molecule has 0 aliphatic carbocycles. The number of rotatable bonds is 1. The summed E-state index contributed by atoms with van der Waals surface area (Å²) in [5.41, 5.74) is 0. The van der Waals surface area contributed by atoms with Crippen LogP contribution in [-0.4, -0.2) is 30.6 Å². The molecule has 0 saturated carbocycles. The summed E-state index contributed by atoms with van der Waals surface area (Å²) in [5, 5.41) is 11.5. The van der Waals surface area contributed by atoms with Crippen molar-refractivity contribution in [3.63, 3.8) is 0 Å². The highest BCUT2D eigenvalue weighted by molar-refractivity contribution is 4.69. The molecule has 1 heterocycles. The molecule has 0 spiro atoms. The third-order valence-corrected chi connectivity index (χ3v) is 1.18. The lowest BCUT2D eigenvalue weighted by atomic mass is 10.4. The van der Waals surface area contributed by atoms with Gasteiger partial charge in [-0.25, -0.2) is 0 Å². The van der Waals surface area contributed by atoms with Crippen molar-refractivity contribution < 1.29 is 9.84 Å². The molecule has 0 aromatic carbocycles. The van der Waals surface area contributed by atoms with Crippen LogP contribution in [0.15, 0.2) is 0 Å². The van der Waals surface area contributed by atoms with Crippen molar-refractivity contribution in [2.24, 2.45) is 0 Å². The smallest absolute Gasteiger partial charge is 0.131 e. The van der Waals surface area contributed by atoms with Gasteiger partial charge in [-0.05, 0) is 6.92 Å². The first-order chi connectivity index (χ1) is 3.83. The molecule has 8 heavy (non-hydrogen) atoms. The first-order valence-corrected chi connectivity index (χ1v) is 2.81. The summed E-state index contributed by atoms with van der Waals surface area (Å²) < 4.78 is 5.05. The summed E-state index contributed by atoms with van der Waals surface area (Å²) in [6.07, 6.45) is -0.120. The molecular formula is C5H11NO2. The minimum Gasteiger partial charge on any atom is -0.392 e. The topological polar surface area (TPSA) is 41.5 Å². The third-order valence-electron chi connectivity index (χ3n) is 1.18. The van der Waals surface area contributed by atoms with Gasteiger partial charge in [0, 0.05) is 6.04 Å². The van der Waals surface area contributed by atoms with E-state index in [1.165, 1.54) is 0 Å². The van der Waals surface area contributed by atoms with E-state index in [1.54, 1.807) is 0 Å². The normalized spacial score (nSPS) is 38.2. The van der Waals surface area contributed by atoms with Crippen molar-refractivity contribution in [2.75, 3.05) is 13.2 Å². The van der Waals surface area contributed by atoms with Gasteiger partial charge in [-0.15, -0.1) is 0 Å². The summed E-state index contributed by atoms with van der Waals surface area (Å²) >= 11 is 0. The summed E-state index contributed by atoms with van der Waals surface area (Å²) in [7, 11) is 0. The summed E-state index contributed by atoms with van der Waals surface area (Å²) in [5.74, 6) is 0. The molecule has 1 aliphatic rings. The Labute approximate surface area is 48.7 Å². The second-order valence-corrected chi connectivity index (χ2v) is 2.07. The van der Waals surface area contributed by atoms with E-state index < -0.39 is 0 Å². The quantitative estimate of drug-likeness (QED) is 0.478. The maximum absolute atomic E-state index is 8.50. The molecule has 3 heteroatoms. The van der Waals surface area contributed by atoms with Gasteiger partial charge in [0.15, 0.2) is 0 Å². The van der Waals surface area contributed by atoms with E-state index >= 15 is 0 Å². The molecule has 2 unspecified atom stereocenters. The summed E-state index contributed by atoms with van der Waals surface area (Å²) in [6.45, 7) is 2.81. The molecule has 0 aromatic rings. The lowest BCUT2D eigenvalue weighted by Gasteiger charge is -2.03. The lowest BCUT2D eigenvalue weighted by Crippen LogP contribution is -2.30. The Morgan fingerprint density at radius 2 is 2.62 bits per heavy atom. The second-order valence-electron chi connectivity index (χ2n) is 2.07. The predicted octanol–water partition coefficient (Wildman–Crippen LogP) is -0.687. The minimum absolute atomic E-state index is 0.0737. The molecule has 0 radical (unpaired) electrons. The van der Waals surface area contributed by atoms with Crippen LogP contribution in [0.2, 0.25) is 0 Å². The number of ether oxygens (including phenoxy) is 1. The Bertz CT molecular complexity index is 76.8. The standard InChI is InChI=1S/C5H11NO2/c1-4-3-8-5(2-7)6-4/h4-7H,2-3H2,1H3. The first-order valence-electron chi connectivity index (χ1n) is 2.81. The van der Waals surface area contributed by atoms with Crippen LogP contribution < -0.4 is 5.32 Å². The summed E-state index contributed by atoms with van der Waals surface area (Å²) in [4.78, 5) is 0. The minimum atomic E-state index is -0.120. The molecular weight excluding hydrogens is 106 g/mol. The van der Waals surface area contributed by atoms with E-state index in [2.05, 4.69) is 5.32 Å². The van der Waals surface area contributed by atoms with Gasteiger partial charge in [-0.1, -0.05) is 0 Å². The highest BCUT2D eigenvalue weighted by Gasteiger charge is 2.18. The molecule has 3 nitrogen and oxygen atoms in total. The maximum atomic E-state index is 8.50. The molecule has 1 aliphatic heterocycles. The lowest BCUT2D eigenvalue weighted by molar-refractivity contribution is 0.0490. The Hall–Kier alpha value is -0.120. The van der Waals surface area contributed by atoms with Crippen molar-refractivity contribution >= 4 is 0 Å². The van der Waals surface area contributed by atoms with Gasteiger partial charge in [0.1, 0.15) is 6.23 Å². The van der Waals surface area contributed by atoms with Gasteiger partial charge in [-0.3, -0.25) is 5.32 Å². The average Bonchev–Trinajstić information content (AvgIpc) is 2.14. The largest absolute Gasteiger partial charge is 0.392 e. The van der Waals surface area contributed by atoms with Crippen LogP contribution in [0, 0.1) is 0 Å². The molecule has 2 N–H and O–H groups in total. The SMILES string of the molecule is CC1COC(CO)N1. The molecule has 0 aromatic heterocycles. The van der Waals surface area contributed by atoms with Crippen LogP contribution in [0.25, 0.3) is 0 Å².